The molecule has 0 heterocycles. The van der Waals surface area contributed by atoms with E-state index in [1.807, 2.05) is 0 Å². The van der Waals surface area contributed by atoms with Crippen LogP contribution in [0, 0.1) is 40.4 Å². The van der Waals surface area contributed by atoms with Crippen molar-refractivity contribution in [2.45, 2.75) is 47.5 Å². The molecule has 0 aromatic carbocycles. The number of hydrogen-bond acceptors (Lipinski definition) is 0. The van der Waals surface area contributed by atoms with Crippen molar-refractivity contribution in [3.05, 3.63) is 0 Å². The van der Waals surface area contributed by atoms with Crippen LogP contribution in [-0.4, -0.2) is 0 Å². The summed E-state index contributed by atoms with van der Waals surface area (Å²) in [5.41, 5.74) is 1.58. The highest BCUT2D eigenvalue weighted by Gasteiger charge is 2.87. The zero-order chi connectivity index (χ0) is 10.3. The molecule has 3 fully saturated rings. The molecule has 3 rings (SSSR count). The largest absolute Gasteiger partial charge is 0.0628 e. The van der Waals surface area contributed by atoms with Crippen LogP contribution in [0.15, 0.2) is 0 Å². The van der Waals surface area contributed by atoms with Gasteiger partial charge in [0, 0.05) is 0 Å². The molecule has 3 saturated carbocycles. The number of rotatable bonds is 2. The fourth-order valence-electron chi connectivity index (χ4n) is 5.66. The summed E-state index contributed by atoms with van der Waals surface area (Å²) in [6.45, 7) is 12.3. The molecule has 0 radical (unpaired) electrons. The molecule has 0 nitrogen and oxygen atoms in total. The summed E-state index contributed by atoms with van der Waals surface area (Å²) in [5, 5.41) is 0. The van der Waals surface area contributed by atoms with Crippen molar-refractivity contribution < 1.29 is 0 Å². The lowest BCUT2D eigenvalue weighted by Gasteiger charge is -2.51. The van der Waals surface area contributed by atoms with Gasteiger partial charge in [-0.15, -0.1) is 0 Å². The molecule has 0 N–H and O–H groups in total. The van der Waals surface area contributed by atoms with Gasteiger partial charge in [0.1, 0.15) is 0 Å². The van der Waals surface area contributed by atoms with Crippen LogP contribution < -0.4 is 0 Å². The Morgan fingerprint density at radius 3 is 2.36 bits per heavy atom. The Hall–Kier alpha value is 0. The van der Waals surface area contributed by atoms with Gasteiger partial charge in [-0.2, -0.15) is 0 Å². The predicted octanol–water partition coefficient (Wildman–Crippen LogP) is 3.96. The molecule has 14 heavy (non-hydrogen) atoms. The minimum Gasteiger partial charge on any atom is -0.0628 e. The Morgan fingerprint density at radius 2 is 1.93 bits per heavy atom. The van der Waals surface area contributed by atoms with Crippen molar-refractivity contribution in [1.29, 1.82) is 0 Å². The van der Waals surface area contributed by atoms with Gasteiger partial charge in [-0.1, -0.05) is 34.6 Å². The van der Waals surface area contributed by atoms with E-state index >= 15 is 0 Å². The van der Waals surface area contributed by atoms with Crippen molar-refractivity contribution in [3.8, 4) is 0 Å². The Balaban J connectivity index is 1.75. The van der Waals surface area contributed by atoms with Crippen LogP contribution in [0.4, 0.5) is 0 Å². The summed E-state index contributed by atoms with van der Waals surface area (Å²) in [6.07, 6.45) is 3.03. The highest BCUT2D eigenvalue weighted by molar-refractivity contribution is 5.35. The van der Waals surface area contributed by atoms with Gasteiger partial charge in [-0.25, -0.2) is 0 Å². The molecule has 3 aliphatic rings. The van der Waals surface area contributed by atoms with Gasteiger partial charge < -0.3 is 0 Å². The fourth-order valence-corrected chi connectivity index (χ4v) is 5.66. The van der Waals surface area contributed by atoms with Gasteiger partial charge in [0.25, 0.3) is 0 Å². The van der Waals surface area contributed by atoms with E-state index in [0.29, 0.717) is 5.41 Å². The predicted molar refractivity (Wildman–Crippen MR) is 59.9 cm³/mol. The number of hydrogen-bond donors (Lipinski definition) is 0. The van der Waals surface area contributed by atoms with Crippen LogP contribution >= 0.6 is 0 Å². The third-order valence-electron chi connectivity index (χ3n) is 5.67. The molecule has 5 unspecified atom stereocenters. The smallest absolute Gasteiger partial charge is 0.0191 e. The van der Waals surface area contributed by atoms with Crippen LogP contribution in [0.3, 0.4) is 0 Å². The van der Waals surface area contributed by atoms with Crippen LogP contribution in [0.2, 0.25) is 0 Å². The topological polar surface area (TPSA) is 0 Å². The minimum absolute atomic E-state index is 0.699. The van der Waals surface area contributed by atoms with Crippen molar-refractivity contribution in [2.24, 2.45) is 40.4 Å². The average molecular weight is 192 g/mol. The van der Waals surface area contributed by atoms with Crippen LogP contribution in [-0.2, 0) is 0 Å². The maximum atomic E-state index is 2.51. The zero-order valence-electron chi connectivity index (χ0n) is 10.3. The molecule has 0 bridgehead atoms. The van der Waals surface area contributed by atoms with E-state index < -0.39 is 0 Å². The van der Waals surface area contributed by atoms with E-state index in [4.69, 9.17) is 0 Å². The van der Waals surface area contributed by atoms with Gasteiger partial charge >= 0.3 is 0 Å². The molecule has 0 heteroatoms. The fraction of sp³-hybridized carbons (Fsp3) is 1.00. The molecule has 0 aromatic heterocycles. The van der Waals surface area contributed by atoms with Crippen molar-refractivity contribution >= 4 is 0 Å². The van der Waals surface area contributed by atoms with Gasteiger partial charge in [-0.05, 0) is 53.3 Å². The monoisotopic (exact) mass is 192 g/mol. The molecule has 1 spiro atoms. The molecule has 80 valence electrons. The second-order valence-electron chi connectivity index (χ2n) is 7.38. The summed E-state index contributed by atoms with van der Waals surface area (Å²) in [4.78, 5) is 0. The first kappa shape index (κ1) is 9.24. The number of fused-ring (bicyclic) bond motifs is 1. The van der Waals surface area contributed by atoms with E-state index in [-0.39, 0.29) is 0 Å². The van der Waals surface area contributed by atoms with Gasteiger partial charge in [-0.3, -0.25) is 0 Å². The SMILES string of the molecule is CC(C)CC1C(C)C2C3C(C)(C)CC123. The van der Waals surface area contributed by atoms with E-state index in [0.717, 1.165) is 35.0 Å². The van der Waals surface area contributed by atoms with E-state index in [1.54, 1.807) is 0 Å². The summed E-state index contributed by atoms with van der Waals surface area (Å²) >= 11 is 0. The molecular formula is C14H24. The Kier molecular flexibility index (Phi) is 1.47. The first-order chi connectivity index (χ1) is 6.41. The molecule has 0 saturated heterocycles. The second-order valence-corrected chi connectivity index (χ2v) is 7.38. The van der Waals surface area contributed by atoms with E-state index in [1.165, 1.54) is 12.8 Å². The first-order valence-corrected chi connectivity index (χ1v) is 6.41. The molecule has 0 aliphatic heterocycles. The van der Waals surface area contributed by atoms with E-state index in [2.05, 4.69) is 34.6 Å². The average Bonchev–Trinajstić information content (AvgIpc) is 2.60. The van der Waals surface area contributed by atoms with Crippen LogP contribution in [0.5, 0.6) is 0 Å². The van der Waals surface area contributed by atoms with Crippen LogP contribution in [0.25, 0.3) is 0 Å². The van der Waals surface area contributed by atoms with Crippen molar-refractivity contribution in [2.75, 3.05) is 0 Å². The maximum absolute atomic E-state index is 2.51. The van der Waals surface area contributed by atoms with Crippen molar-refractivity contribution in [1.82, 2.24) is 0 Å². The third kappa shape index (κ3) is 0.750. The third-order valence-corrected chi connectivity index (χ3v) is 5.67. The summed E-state index contributed by atoms with van der Waals surface area (Å²) in [6, 6.07) is 0. The molecule has 5 atom stereocenters. The summed E-state index contributed by atoms with van der Waals surface area (Å²) in [5.74, 6) is 5.30. The summed E-state index contributed by atoms with van der Waals surface area (Å²) < 4.78 is 0. The standard InChI is InChI=1S/C14H24/c1-8(2)6-10-9(3)11-12-13(4,5)7-14(10,11)12/h8-12H,6-7H2,1-5H3. The quantitative estimate of drug-likeness (QED) is 0.621. The molecule has 0 aromatic rings. The normalized spacial score (nSPS) is 57.0. The lowest BCUT2D eigenvalue weighted by atomic mass is 9.53. The molecular weight excluding hydrogens is 168 g/mol. The maximum Gasteiger partial charge on any atom is -0.0191 e. The lowest BCUT2D eigenvalue weighted by Crippen LogP contribution is -2.45. The highest BCUT2D eigenvalue weighted by Crippen LogP contribution is 2.92. The summed E-state index contributed by atoms with van der Waals surface area (Å²) in [7, 11) is 0. The Bertz CT molecular complexity index is 276. The van der Waals surface area contributed by atoms with E-state index in [9.17, 15) is 0 Å². The zero-order valence-corrected chi connectivity index (χ0v) is 10.3. The van der Waals surface area contributed by atoms with Gasteiger partial charge in [0.2, 0.25) is 0 Å². The van der Waals surface area contributed by atoms with Gasteiger partial charge in [0.05, 0.1) is 0 Å². The van der Waals surface area contributed by atoms with Crippen LogP contribution in [0.1, 0.15) is 47.5 Å². The Labute approximate surface area is 88.5 Å². The Morgan fingerprint density at radius 1 is 1.29 bits per heavy atom. The molecule has 0 amide bonds. The highest BCUT2D eigenvalue weighted by atomic mass is 14.9. The lowest BCUT2D eigenvalue weighted by molar-refractivity contribution is -0.0297. The minimum atomic E-state index is 0.699. The second kappa shape index (κ2) is 2.23. The first-order valence-electron chi connectivity index (χ1n) is 6.41. The van der Waals surface area contributed by atoms with Gasteiger partial charge in [0.15, 0.2) is 0 Å². The van der Waals surface area contributed by atoms with Crippen molar-refractivity contribution in [3.63, 3.8) is 0 Å². The molecule has 3 aliphatic carbocycles.